The summed E-state index contributed by atoms with van der Waals surface area (Å²) in [7, 11) is 0. The zero-order valence-corrected chi connectivity index (χ0v) is 14.5. The van der Waals surface area contributed by atoms with Gasteiger partial charge in [-0.3, -0.25) is 0 Å². The van der Waals surface area contributed by atoms with Crippen LogP contribution in [-0.4, -0.2) is 12.6 Å². The molecule has 0 amide bonds. The van der Waals surface area contributed by atoms with Crippen molar-refractivity contribution in [3.05, 3.63) is 57.1 Å². The minimum Gasteiger partial charge on any atom is -0.463 e. The molecule has 0 fully saturated rings. The number of halogens is 1. The van der Waals surface area contributed by atoms with Crippen molar-refractivity contribution in [1.29, 1.82) is 5.26 Å². The molecular weight excluding hydrogens is 360 g/mol. The van der Waals surface area contributed by atoms with Gasteiger partial charge in [-0.1, -0.05) is 35.0 Å². The molecule has 2 N–H and O–H groups in total. The summed E-state index contributed by atoms with van der Waals surface area (Å²) in [5, 5.41) is 9.50. The molecule has 0 spiro atoms. The fourth-order valence-corrected chi connectivity index (χ4v) is 2.95. The molecule has 120 valence electrons. The van der Waals surface area contributed by atoms with Crippen LogP contribution in [0.5, 0.6) is 0 Å². The van der Waals surface area contributed by atoms with Crippen molar-refractivity contribution in [3.8, 4) is 6.07 Å². The monoisotopic (exact) mass is 376 g/mol. The zero-order chi connectivity index (χ0) is 17.0. The van der Waals surface area contributed by atoms with Gasteiger partial charge in [0.1, 0.15) is 17.4 Å². The number of nitriles is 1. The summed E-state index contributed by atoms with van der Waals surface area (Å²) < 4.78 is 11.5. The SMILES string of the molecule is CCOC(=O)C1=C(CC)OC(N)=C(C#N)C1c1cccc(Br)c1. The van der Waals surface area contributed by atoms with Crippen molar-refractivity contribution in [2.75, 3.05) is 6.61 Å². The average Bonchev–Trinajstić information content (AvgIpc) is 2.53. The number of nitrogens with zero attached hydrogens (tertiary/aromatic N) is 1. The second kappa shape index (κ2) is 7.34. The van der Waals surface area contributed by atoms with Crippen LogP contribution in [0.15, 0.2) is 51.5 Å². The maximum atomic E-state index is 12.5. The van der Waals surface area contributed by atoms with E-state index in [0.717, 1.165) is 10.0 Å². The van der Waals surface area contributed by atoms with E-state index in [1.807, 2.05) is 31.2 Å². The van der Waals surface area contributed by atoms with Crippen LogP contribution < -0.4 is 5.73 Å². The Morgan fingerprint density at radius 2 is 2.22 bits per heavy atom. The van der Waals surface area contributed by atoms with E-state index >= 15 is 0 Å². The van der Waals surface area contributed by atoms with Crippen molar-refractivity contribution in [3.63, 3.8) is 0 Å². The molecule has 1 unspecified atom stereocenters. The van der Waals surface area contributed by atoms with Crippen molar-refractivity contribution >= 4 is 21.9 Å². The van der Waals surface area contributed by atoms with E-state index in [0.29, 0.717) is 17.8 Å². The minimum atomic E-state index is -0.597. The van der Waals surface area contributed by atoms with Gasteiger partial charge < -0.3 is 15.2 Å². The number of allylic oxidation sites excluding steroid dienone is 2. The van der Waals surface area contributed by atoms with E-state index in [-0.39, 0.29) is 18.1 Å². The van der Waals surface area contributed by atoms with Gasteiger partial charge in [0.15, 0.2) is 0 Å². The van der Waals surface area contributed by atoms with Gasteiger partial charge in [-0.05, 0) is 24.6 Å². The highest BCUT2D eigenvalue weighted by atomic mass is 79.9. The highest BCUT2D eigenvalue weighted by molar-refractivity contribution is 9.10. The minimum absolute atomic E-state index is 0.0300. The van der Waals surface area contributed by atoms with E-state index in [1.54, 1.807) is 6.92 Å². The molecule has 0 saturated heterocycles. The third-order valence-corrected chi connectivity index (χ3v) is 3.99. The first-order valence-corrected chi connectivity index (χ1v) is 8.05. The highest BCUT2D eigenvalue weighted by Gasteiger charge is 2.37. The van der Waals surface area contributed by atoms with Gasteiger partial charge in [0.2, 0.25) is 5.88 Å². The smallest absolute Gasteiger partial charge is 0.338 e. The molecule has 0 radical (unpaired) electrons. The second-order valence-electron chi connectivity index (χ2n) is 4.89. The zero-order valence-electron chi connectivity index (χ0n) is 12.9. The average molecular weight is 377 g/mol. The van der Waals surface area contributed by atoms with Crippen molar-refractivity contribution < 1.29 is 14.3 Å². The predicted octanol–water partition coefficient (Wildman–Crippen LogP) is 3.48. The molecule has 1 aromatic rings. The number of hydrogen-bond acceptors (Lipinski definition) is 5. The van der Waals surface area contributed by atoms with E-state index in [9.17, 15) is 10.1 Å². The number of esters is 1. The van der Waals surface area contributed by atoms with E-state index in [1.165, 1.54) is 0 Å². The summed E-state index contributed by atoms with van der Waals surface area (Å²) in [5.41, 5.74) is 7.21. The van der Waals surface area contributed by atoms with E-state index in [4.69, 9.17) is 15.2 Å². The Hall–Kier alpha value is -2.26. The molecule has 5 nitrogen and oxygen atoms in total. The van der Waals surface area contributed by atoms with Crippen LogP contribution in [0.3, 0.4) is 0 Å². The lowest BCUT2D eigenvalue weighted by Gasteiger charge is -2.27. The van der Waals surface area contributed by atoms with Crippen molar-refractivity contribution in [2.24, 2.45) is 5.73 Å². The summed E-state index contributed by atoms with van der Waals surface area (Å²) in [6.07, 6.45) is 0.470. The normalized spacial score (nSPS) is 17.6. The van der Waals surface area contributed by atoms with Crippen molar-refractivity contribution in [2.45, 2.75) is 26.2 Å². The molecule has 1 aliphatic heterocycles. The first-order valence-electron chi connectivity index (χ1n) is 7.26. The maximum Gasteiger partial charge on any atom is 0.338 e. The molecule has 23 heavy (non-hydrogen) atoms. The lowest BCUT2D eigenvalue weighted by atomic mass is 9.82. The maximum absolute atomic E-state index is 12.5. The lowest BCUT2D eigenvalue weighted by Crippen LogP contribution is -2.26. The van der Waals surface area contributed by atoms with Crippen LogP contribution in [-0.2, 0) is 14.3 Å². The molecule has 2 rings (SSSR count). The lowest BCUT2D eigenvalue weighted by molar-refractivity contribution is -0.139. The van der Waals surface area contributed by atoms with Crippen LogP contribution >= 0.6 is 15.9 Å². The first-order chi connectivity index (χ1) is 11.0. The molecule has 0 bridgehead atoms. The van der Waals surface area contributed by atoms with Gasteiger partial charge in [0, 0.05) is 10.9 Å². The Labute approximate surface area is 143 Å². The van der Waals surface area contributed by atoms with E-state index in [2.05, 4.69) is 22.0 Å². The van der Waals surface area contributed by atoms with Crippen LogP contribution in [0.2, 0.25) is 0 Å². The molecule has 1 aliphatic rings. The Bertz CT molecular complexity index is 732. The Morgan fingerprint density at radius 3 is 2.78 bits per heavy atom. The summed E-state index contributed by atoms with van der Waals surface area (Å²) in [6, 6.07) is 9.48. The van der Waals surface area contributed by atoms with Gasteiger partial charge in [-0.25, -0.2) is 4.79 Å². The number of nitrogens with two attached hydrogens (primary N) is 1. The molecule has 6 heteroatoms. The molecule has 0 saturated carbocycles. The van der Waals surface area contributed by atoms with Crippen molar-refractivity contribution in [1.82, 2.24) is 0 Å². The molecule has 1 heterocycles. The van der Waals surface area contributed by atoms with Gasteiger partial charge >= 0.3 is 5.97 Å². The summed E-state index contributed by atoms with van der Waals surface area (Å²) >= 11 is 3.41. The highest BCUT2D eigenvalue weighted by Crippen LogP contribution is 2.40. The second-order valence-corrected chi connectivity index (χ2v) is 5.81. The summed E-state index contributed by atoms with van der Waals surface area (Å²) in [6.45, 7) is 3.83. The number of rotatable bonds is 4. The largest absolute Gasteiger partial charge is 0.463 e. The van der Waals surface area contributed by atoms with Gasteiger partial charge in [0.05, 0.1) is 18.1 Å². The summed E-state index contributed by atoms with van der Waals surface area (Å²) in [5.74, 6) is -0.623. The Kier molecular flexibility index (Phi) is 5.45. The number of ether oxygens (including phenoxy) is 2. The predicted molar refractivity (Wildman–Crippen MR) is 88.7 cm³/mol. The number of benzene rings is 1. The fraction of sp³-hybridized carbons (Fsp3) is 0.294. The van der Waals surface area contributed by atoms with Crippen LogP contribution in [0.25, 0.3) is 0 Å². The topological polar surface area (TPSA) is 85.3 Å². The fourth-order valence-electron chi connectivity index (χ4n) is 2.53. The Balaban J connectivity index is 2.66. The van der Waals surface area contributed by atoms with E-state index < -0.39 is 11.9 Å². The first kappa shape index (κ1) is 17.1. The molecule has 0 aromatic heterocycles. The molecule has 0 aliphatic carbocycles. The standard InChI is InChI=1S/C17H17BrN2O3/c1-3-13-15(17(21)22-4-2)14(12(9-19)16(20)23-13)10-6-5-7-11(18)8-10/h5-8,14H,3-4,20H2,1-2H3. The third-order valence-electron chi connectivity index (χ3n) is 3.50. The number of carbonyl (C=O) groups is 1. The summed E-state index contributed by atoms with van der Waals surface area (Å²) in [4.78, 5) is 12.5. The van der Waals surface area contributed by atoms with Gasteiger partial charge in [0.25, 0.3) is 0 Å². The third kappa shape index (κ3) is 3.40. The molecule has 1 atom stereocenters. The van der Waals surface area contributed by atoms with Gasteiger partial charge in [-0.2, -0.15) is 5.26 Å². The molecular formula is C17H17BrN2O3. The number of carbonyl (C=O) groups excluding carboxylic acids is 1. The van der Waals surface area contributed by atoms with Gasteiger partial charge in [-0.15, -0.1) is 0 Å². The number of hydrogen-bond donors (Lipinski definition) is 1. The Morgan fingerprint density at radius 1 is 1.48 bits per heavy atom. The van der Waals surface area contributed by atoms with Crippen LogP contribution in [0.1, 0.15) is 31.7 Å². The quantitative estimate of drug-likeness (QED) is 0.812. The van der Waals surface area contributed by atoms with Crippen LogP contribution in [0, 0.1) is 11.3 Å². The molecule has 1 aromatic carbocycles. The van der Waals surface area contributed by atoms with Crippen LogP contribution in [0.4, 0.5) is 0 Å².